The highest BCUT2D eigenvalue weighted by molar-refractivity contribution is 6.13. The van der Waals surface area contributed by atoms with Crippen LogP contribution in [-0.4, -0.2) is 145 Å². The van der Waals surface area contributed by atoms with Crippen molar-refractivity contribution in [1.29, 1.82) is 0 Å². The molecule has 3 heterocycles. The van der Waals surface area contributed by atoms with Crippen molar-refractivity contribution in [2.24, 2.45) is 17.8 Å². The Morgan fingerprint density at radius 1 is 0.643 bits per heavy atom. The highest BCUT2D eigenvalue weighted by atomic mass is 16.5. The Bertz CT molecular complexity index is 2470. The largest absolute Gasteiger partial charge is 0.393 e. The monoisotopic (exact) mass is 968 g/mol. The molecule has 4 aromatic rings. The summed E-state index contributed by atoms with van der Waals surface area (Å²) in [7, 11) is 0. The van der Waals surface area contributed by atoms with Crippen molar-refractivity contribution < 1.29 is 62.5 Å². The summed E-state index contributed by atoms with van der Waals surface area (Å²) in [6.07, 6.45) is 4.82. The molecule has 376 valence electrons. The zero-order valence-electron chi connectivity index (χ0n) is 39.8. The van der Waals surface area contributed by atoms with E-state index in [0.717, 1.165) is 50.0 Å². The van der Waals surface area contributed by atoms with Gasteiger partial charge in [0.25, 0.3) is 11.8 Å². The Labute approximate surface area is 405 Å². The van der Waals surface area contributed by atoms with E-state index in [1.807, 2.05) is 54.7 Å². The minimum absolute atomic E-state index is 0.0137. The average molecular weight is 969 g/mol. The number of Topliss-reactive ketones (excluding diaryl/α,β-unsaturated/α-hetero) is 4. The van der Waals surface area contributed by atoms with Crippen LogP contribution < -0.4 is 16.0 Å². The maximum absolute atomic E-state index is 14.0. The number of ketones is 4. The number of rotatable bonds is 34. The molecule has 1 aliphatic rings. The number of imide groups is 1. The van der Waals surface area contributed by atoms with Crippen LogP contribution in [0.2, 0.25) is 0 Å². The number of aliphatic hydroxyl groups excluding tert-OH is 1. The summed E-state index contributed by atoms with van der Waals surface area (Å²) in [5.41, 5.74) is 3.48. The smallest absolute Gasteiger partial charge is 0.253 e. The summed E-state index contributed by atoms with van der Waals surface area (Å²) < 4.78 is 16.4. The molecule has 0 aliphatic carbocycles. The quantitative estimate of drug-likeness (QED) is 0.0291. The third-order valence-corrected chi connectivity index (χ3v) is 12.0. The molecule has 1 aliphatic heterocycles. The minimum atomic E-state index is -1.26. The molecule has 5 rings (SSSR count). The molecule has 0 bridgehead atoms. The van der Waals surface area contributed by atoms with E-state index >= 15 is 0 Å². The molecule has 0 fully saturated rings. The van der Waals surface area contributed by atoms with Crippen molar-refractivity contribution in [1.82, 2.24) is 30.8 Å². The Kier molecular flexibility index (Phi) is 21.8. The second-order valence-corrected chi connectivity index (χ2v) is 17.2. The van der Waals surface area contributed by atoms with Gasteiger partial charge >= 0.3 is 0 Å². The highest BCUT2D eigenvalue weighted by Crippen LogP contribution is 2.26. The third kappa shape index (κ3) is 17.1. The van der Waals surface area contributed by atoms with Crippen molar-refractivity contribution in [3.63, 3.8) is 0 Å². The number of carbonyl (C=O) groups excluding carboxylic acids is 9. The molecule has 0 spiro atoms. The second-order valence-electron chi connectivity index (χ2n) is 17.2. The Hall–Kier alpha value is -6.67. The molecular weight excluding hydrogens is 905 g/mol. The van der Waals surface area contributed by atoms with E-state index in [2.05, 4.69) is 25.9 Å². The van der Waals surface area contributed by atoms with Gasteiger partial charge < -0.3 is 45.2 Å². The number of hydrogen-bond donors (Lipinski definition) is 6. The Balaban J connectivity index is 1.00. The average Bonchev–Trinajstić information content (AvgIpc) is 4.05. The highest BCUT2D eigenvalue weighted by Gasteiger charge is 2.32. The molecule has 19 heteroatoms. The van der Waals surface area contributed by atoms with Crippen molar-refractivity contribution in [3.8, 4) is 0 Å². The number of carbonyl (C=O) groups is 9. The van der Waals surface area contributed by atoms with E-state index in [1.165, 1.54) is 6.92 Å². The number of fused-ring (bicyclic) bond motifs is 2. The SMILES string of the molecule is CCC(=O)[C@@H](CC(=O)CNC(=O)[C@@H](CC(=O)[C@@H](CC(=O)COCCOCCNC(=O)CCOCCNC(=O)CCN1C(=O)C=CC1=O)Cc1c[nH]c2ccccc12)[C@@H](C)O)Cc1c[nH]c2ccccc12. The number of para-hydroxylation sites is 2. The molecule has 2 aromatic carbocycles. The zero-order valence-corrected chi connectivity index (χ0v) is 39.8. The standard InChI is InChI=1S/C51H64N6O13/c1-3-45(61)34(24-36-29-54-43-10-6-4-8-40(36)43)26-38(59)31-56-51(67)42(33(2)58)28-46(62)35(25-37-30-55-44-11-7-5-9-41(37)44)27-39(60)32-70-23-22-69-21-17-53-48(64)15-19-68-20-16-52-47(63)14-18-57-49(65)12-13-50(57)66/h4-13,29-30,33-35,42,54-55,58H,3,14-28,31-32H2,1-2H3,(H,52,63)(H,53,64)(H,56,67)/t33-,34-,35-,42+/m1/s1. The number of nitrogens with one attached hydrogen (secondary N) is 5. The van der Waals surface area contributed by atoms with E-state index in [0.29, 0.717) is 6.42 Å². The minimum Gasteiger partial charge on any atom is -0.393 e. The van der Waals surface area contributed by atoms with E-state index in [4.69, 9.17) is 14.2 Å². The molecular formula is C51H64N6O13. The predicted molar refractivity (Wildman–Crippen MR) is 257 cm³/mol. The maximum atomic E-state index is 14.0. The first-order chi connectivity index (χ1) is 33.7. The lowest BCUT2D eigenvalue weighted by molar-refractivity contribution is -0.137. The maximum Gasteiger partial charge on any atom is 0.253 e. The van der Waals surface area contributed by atoms with Crippen LogP contribution in [0.4, 0.5) is 0 Å². The Morgan fingerprint density at radius 3 is 1.76 bits per heavy atom. The molecule has 19 nitrogen and oxygen atoms in total. The fraction of sp³-hybridized carbons (Fsp3) is 0.471. The molecule has 0 saturated carbocycles. The summed E-state index contributed by atoms with van der Waals surface area (Å²) in [5, 5.41) is 20.5. The zero-order chi connectivity index (χ0) is 50.4. The van der Waals surface area contributed by atoms with Crippen LogP contribution in [0.5, 0.6) is 0 Å². The molecule has 0 radical (unpaired) electrons. The van der Waals surface area contributed by atoms with Crippen molar-refractivity contribution in [2.45, 2.75) is 71.3 Å². The molecule has 70 heavy (non-hydrogen) atoms. The molecule has 6 N–H and O–H groups in total. The number of aromatic amines is 2. The number of amides is 5. The lowest BCUT2D eigenvalue weighted by Gasteiger charge is -2.22. The Morgan fingerprint density at radius 2 is 1.17 bits per heavy atom. The summed E-state index contributed by atoms with van der Waals surface area (Å²) >= 11 is 0. The second kappa shape index (κ2) is 28.1. The van der Waals surface area contributed by atoms with Gasteiger partial charge in [0, 0.05) is 116 Å². The summed E-state index contributed by atoms with van der Waals surface area (Å²) in [6, 6.07) is 15.2. The van der Waals surface area contributed by atoms with Crippen molar-refractivity contribution >= 4 is 74.5 Å². The van der Waals surface area contributed by atoms with E-state index in [1.54, 1.807) is 13.1 Å². The van der Waals surface area contributed by atoms with Gasteiger partial charge in [-0.15, -0.1) is 0 Å². The van der Waals surface area contributed by atoms with E-state index in [9.17, 15) is 48.3 Å². The lowest BCUT2D eigenvalue weighted by Crippen LogP contribution is -2.41. The van der Waals surface area contributed by atoms with Gasteiger partial charge in [-0.1, -0.05) is 43.3 Å². The van der Waals surface area contributed by atoms with Crippen LogP contribution in [0.3, 0.4) is 0 Å². The molecule has 4 atom stereocenters. The molecule has 0 saturated heterocycles. The van der Waals surface area contributed by atoms with Gasteiger partial charge in [0.05, 0.1) is 51.6 Å². The van der Waals surface area contributed by atoms with Crippen LogP contribution in [0.25, 0.3) is 21.8 Å². The van der Waals surface area contributed by atoms with Gasteiger partial charge in [-0.2, -0.15) is 0 Å². The van der Waals surface area contributed by atoms with Gasteiger partial charge in [0.2, 0.25) is 17.7 Å². The number of benzene rings is 2. The van der Waals surface area contributed by atoms with E-state index < -0.39 is 47.4 Å². The van der Waals surface area contributed by atoms with Crippen LogP contribution in [0, 0.1) is 17.8 Å². The number of aromatic nitrogens is 2. The summed E-state index contributed by atoms with van der Waals surface area (Å²) in [6.45, 7) is 3.51. The first-order valence-corrected chi connectivity index (χ1v) is 23.7. The van der Waals surface area contributed by atoms with Gasteiger partial charge in [-0.05, 0) is 43.0 Å². The first-order valence-electron chi connectivity index (χ1n) is 23.7. The first kappa shape index (κ1) is 54.3. The molecule has 5 amide bonds. The fourth-order valence-electron chi connectivity index (χ4n) is 8.12. The number of hydrogen-bond acceptors (Lipinski definition) is 13. The van der Waals surface area contributed by atoms with Crippen molar-refractivity contribution in [3.05, 3.63) is 84.2 Å². The van der Waals surface area contributed by atoms with Gasteiger partial charge in [-0.25, -0.2) is 0 Å². The number of ether oxygens (including phenoxy) is 3. The van der Waals surface area contributed by atoms with Crippen LogP contribution in [-0.2, 0) is 70.2 Å². The lowest BCUT2D eigenvalue weighted by atomic mass is 9.84. The number of nitrogens with zero attached hydrogens (tertiary/aromatic N) is 1. The van der Waals surface area contributed by atoms with Gasteiger partial charge in [0.1, 0.15) is 18.2 Å². The number of aliphatic hydroxyl groups is 1. The normalized spacial score (nSPS) is 14.1. The van der Waals surface area contributed by atoms with Crippen molar-refractivity contribution in [2.75, 3.05) is 65.8 Å². The van der Waals surface area contributed by atoms with Crippen LogP contribution >= 0.6 is 0 Å². The fourth-order valence-corrected chi connectivity index (χ4v) is 8.12. The molecule has 2 aromatic heterocycles. The molecule has 0 unspecified atom stereocenters. The van der Waals surface area contributed by atoms with Crippen LogP contribution in [0.1, 0.15) is 63.5 Å². The predicted octanol–water partition coefficient (Wildman–Crippen LogP) is 2.62. The summed E-state index contributed by atoms with van der Waals surface area (Å²) in [4.78, 5) is 121. The third-order valence-electron chi connectivity index (χ3n) is 12.0. The van der Waals surface area contributed by atoms with Gasteiger partial charge in [0.15, 0.2) is 11.6 Å². The topological polar surface area (TPSA) is 272 Å². The van der Waals surface area contributed by atoms with Crippen LogP contribution in [0.15, 0.2) is 73.1 Å². The number of H-pyrrole nitrogens is 2. The summed E-state index contributed by atoms with van der Waals surface area (Å²) in [5.74, 6) is -6.07. The van der Waals surface area contributed by atoms with E-state index in [-0.39, 0.29) is 140 Å². The van der Waals surface area contributed by atoms with Gasteiger partial charge in [-0.3, -0.25) is 48.1 Å².